The highest BCUT2D eigenvalue weighted by atomic mass is 16.7. The molecule has 3 aliphatic heterocycles. The van der Waals surface area contributed by atoms with Gasteiger partial charge in [0.1, 0.15) is 12.1 Å². The Hall–Kier alpha value is -3.48. The van der Waals surface area contributed by atoms with Crippen molar-refractivity contribution in [2.24, 2.45) is 0 Å². The minimum absolute atomic E-state index is 0.0247. The molecule has 2 unspecified atom stereocenters. The zero-order chi connectivity index (χ0) is 21.8. The molecule has 0 aliphatic carbocycles. The topological polar surface area (TPSA) is 74.9 Å². The van der Waals surface area contributed by atoms with Gasteiger partial charge in [0.2, 0.25) is 12.7 Å². The van der Waals surface area contributed by atoms with Gasteiger partial charge in [-0.15, -0.1) is 0 Å². The maximum atomic E-state index is 13.9. The minimum atomic E-state index is -0.647. The summed E-state index contributed by atoms with van der Waals surface area (Å²) in [6.07, 6.45) is 2.35. The van der Waals surface area contributed by atoms with Gasteiger partial charge >= 0.3 is 0 Å². The molecule has 4 heterocycles. The molecule has 1 aromatic heterocycles. The van der Waals surface area contributed by atoms with Crippen LogP contribution in [0.5, 0.6) is 11.5 Å². The van der Waals surface area contributed by atoms with Crippen LogP contribution in [0.25, 0.3) is 10.9 Å². The molecular weight excluding hydrogens is 406 g/mol. The number of para-hydroxylation sites is 1. The predicted octanol–water partition coefficient (Wildman–Crippen LogP) is 3.53. The first kappa shape index (κ1) is 19.2. The Morgan fingerprint density at radius 3 is 2.78 bits per heavy atom. The maximum Gasteiger partial charge on any atom is 0.251 e. The molecule has 0 spiro atoms. The summed E-state index contributed by atoms with van der Waals surface area (Å²) in [6.45, 7) is 3.25. The van der Waals surface area contributed by atoms with Gasteiger partial charge in [0, 0.05) is 29.6 Å². The highest BCUT2D eigenvalue weighted by Crippen LogP contribution is 2.41. The number of amides is 2. The largest absolute Gasteiger partial charge is 0.454 e. The molecule has 32 heavy (non-hydrogen) atoms. The van der Waals surface area contributed by atoms with E-state index in [0.717, 1.165) is 40.6 Å². The molecule has 3 aromatic rings. The number of ether oxygens (including phenoxy) is 2. The number of benzene rings is 2. The third kappa shape index (κ3) is 2.80. The summed E-state index contributed by atoms with van der Waals surface area (Å²) in [5, 5.41) is 1.14. The lowest BCUT2D eigenvalue weighted by atomic mass is 9.89. The number of fused-ring (bicyclic) bond motifs is 5. The molecule has 0 radical (unpaired) electrons. The van der Waals surface area contributed by atoms with Crippen LogP contribution in [-0.4, -0.2) is 46.0 Å². The molecule has 2 aromatic carbocycles. The Bertz CT molecular complexity index is 1230. The fourth-order valence-electron chi connectivity index (χ4n) is 5.24. The van der Waals surface area contributed by atoms with Crippen LogP contribution < -0.4 is 9.47 Å². The molecule has 2 amide bonds. The Morgan fingerprint density at radius 1 is 1.06 bits per heavy atom. The summed E-state index contributed by atoms with van der Waals surface area (Å²) in [7, 11) is 0. The summed E-state index contributed by atoms with van der Waals surface area (Å²) in [5.41, 5.74) is 3.99. The Kier molecular flexibility index (Phi) is 4.38. The van der Waals surface area contributed by atoms with Crippen LogP contribution in [0.1, 0.15) is 42.6 Å². The van der Waals surface area contributed by atoms with E-state index in [9.17, 15) is 9.59 Å². The molecule has 164 valence electrons. The number of piperazine rings is 1. The van der Waals surface area contributed by atoms with E-state index < -0.39 is 12.1 Å². The molecule has 1 N–H and O–H groups in total. The number of unbranched alkanes of at least 4 members (excludes halogenated alkanes) is 1. The van der Waals surface area contributed by atoms with Crippen molar-refractivity contribution in [1.29, 1.82) is 0 Å². The van der Waals surface area contributed by atoms with Gasteiger partial charge < -0.3 is 24.3 Å². The van der Waals surface area contributed by atoms with Gasteiger partial charge in [-0.3, -0.25) is 9.59 Å². The van der Waals surface area contributed by atoms with Crippen molar-refractivity contribution in [3.8, 4) is 11.5 Å². The molecule has 2 atom stereocenters. The number of carbonyl (C=O) groups excluding carboxylic acids is 2. The second-order valence-corrected chi connectivity index (χ2v) is 8.71. The van der Waals surface area contributed by atoms with Gasteiger partial charge in [-0.25, -0.2) is 0 Å². The number of nitrogens with one attached hydrogen (secondary N) is 1. The van der Waals surface area contributed by atoms with Crippen LogP contribution >= 0.6 is 0 Å². The van der Waals surface area contributed by atoms with Crippen molar-refractivity contribution in [3.63, 3.8) is 0 Å². The van der Waals surface area contributed by atoms with E-state index in [0.29, 0.717) is 31.0 Å². The van der Waals surface area contributed by atoms with Crippen LogP contribution in [-0.2, 0) is 22.6 Å². The number of rotatable bonds is 4. The Morgan fingerprint density at radius 2 is 1.91 bits per heavy atom. The maximum absolute atomic E-state index is 13.9. The van der Waals surface area contributed by atoms with Gasteiger partial charge in [-0.05, 0) is 35.7 Å². The highest BCUT2D eigenvalue weighted by Gasteiger charge is 2.48. The fraction of sp³-hybridized carbons (Fsp3) is 0.360. The van der Waals surface area contributed by atoms with Gasteiger partial charge in [0.25, 0.3) is 5.91 Å². The van der Waals surface area contributed by atoms with E-state index in [2.05, 4.69) is 18.0 Å². The second-order valence-electron chi connectivity index (χ2n) is 8.71. The van der Waals surface area contributed by atoms with Crippen LogP contribution in [0.2, 0.25) is 0 Å². The van der Waals surface area contributed by atoms with Crippen LogP contribution in [0.4, 0.5) is 0 Å². The number of nitrogens with zero attached hydrogens (tertiary/aromatic N) is 2. The number of aromatic amines is 1. The highest BCUT2D eigenvalue weighted by molar-refractivity contribution is 5.99. The van der Waals surface area contributed by atoms with Crippen molar-refractivity contribution in [3.05, 3.63) is 59.3 Å². The summed E-state index contributed by atoms with van der Waals surface area (Å²) >= 11 is 0. The molecule has 7 nitrogen and oxygen atoms in total. The molecule has 3 aliphatic rings. The number of H-pyrrole nitrogens is 1. The SMILES string of the molecule is CCCCN1C(=O)C2Cc3c([nH]c4ccccc34)CN2C(=O)C1c1ccc2c(c1)OCO2. The monoisotopic (exact) mass is 431 g/mol. The average Bonchev–Trinajstić information content (AvgIpc) is 3.43. The summed E-state index contributed by atoms with van der Waals surface area (Å²) in [6, 6.07) is 12.6. The van der Waals surface area contributed by atoms with Crippen molar-refractivity contribution in [1.82, 2.24) is 14.8 Å². The van der Waals surface area contributed by atoms with Gasteiger partial charge in [-0.1, -0.05) is 37.6 Å². The van der Waals surface area contributed by atoms with Crippen molar-refractivity contribution >= 4 is 22.7 Å². The number of hydrogen-bond donors (Lipinski definition) is 1. The van der Waals surface area contributed by atoms with Crippen LogP contribution in [0.15, 0.2) is 42.5 Å². The fourth-order valence-corrected chi connectivity index (χ4v) is 5.24. The number of aromatic nitrogens is 1. The summed E-state index contributed by atoms with van der Waals surface area (Å²) in [5.74, 6) is 1.28. The molecule has 1 fully saturated rings. The number of hydrogen-bond acceptors (Lipinski definition) is 4. The lowest BCUT2D eigenvalue weighted by Crippen LogP contribution is -2.62. The van der Waals surface area contributed by atoms with Crippen molar-refractivity contribution in [2.45, 2.75) is 44.8 Å². The zero-order valence-corrected chi connectivity index (χ0v) is 18.0. The van der Waals surface area contributed by atoms with Gasteiger partial charge in [0.15, 0.2) is 11.5 Å². The standard InChI is InChI=1S/C25H25N3O4/c1-2-3-10-27-23(15-8-9-21-22(11-15)32-14-31-21)25(30)28-13-19-17(12-20(28)24(27)29)16-6-4-5-7-18(16)26-19/h4-9,11,20,23,26H,2-3,10,12-14H2,1H3. The van der Waals surface area contributed by atoms with Crippen molar-refractivity contribution in [2.75, 3.05) is 13.3 Å². The lowest BCUT2D eigenvalue weighted by molar-refractivity contribution is -0.163. The number of carbonyl (C=O) groups is 2. The molecule has 7 heteroatoms. The van der Waals surface area contributed by atoms with Crippen LogP contribution in [0, 0.1) is 0 Å². The van der Waals surface area contributed by atoms with E-state index in [1.165, 1.54) is 0 Å². The molecular formula is C25H25N3O4. The van der Waals surface area contributed by atoms with Gasteiger partial charge in [0.05, 0.1) is 6.54 Å². The third-order valence-corrected chi connectivity index (χ3v) is 6.87. The van der Waals surface area contributed by atoms with E-state index in [-0.39, 0.29) is 18.6 Å². The first-order chi connectivity index (χ1) is 15.7. The smallest absolute Gasteiger partial charge is 0.251 e. The summed E-state index contributed by atoms with van der Waals surface area (Å²) < 4.78 is 11.0. The molecule has 6 rings (SSSR count). The molecule has 1 saturated heterocycles. The first-order valence-electron chi connectivity index (χ1n) is 11.2. The van der Waals surface area contributed by atoms with E-state index in [1.807, 2.05) is 36.4 Å². The third-order valence-electron chi connectivity index (χ3n) is 6.87. The van der Waals surface area contributed by atoms with E-state index in [1.54, 1.807) is 9.80 Å². The minimum Gasteiger partial charge on any atom is -0.454 e. The lowest BCUT2D eigenvalue weighted by Gasteiger charge is -2.47. The molecule has 0 saturated carbocycles. The van der Waals surface area contributed by atoms with E-state index >= 15 is 0 Å². The first-order valence-corrected chi connectivity index (χ1v) is 11.2. The van der Waals surface area contributed by atoms with Gasteiger partial charge in [-0.2, -0.15) is 0 Å². The van der Waals surface area contributed by atoms with E-state index in [4.69, 9.17) is 9.47 Å². The Balaban J connectivity index is 1.41. The zero-order valence-electron chi connectivity index (χ0n) is 18.0. The average molecular weight is 431 g/mol. The Labute approximate surface area is 185 Å². The summed E-state index contributed by atoms with van der Waals surface area (Å²) in [4.78, 5) is 34.6. The normalized spacial score (nSPS) is 21.8. The quantitative estimate of drug-likeness (QED) is 0.686. The second kappa shape index (κ2) is 7.29. The van der Waals surface area contributed by atoms with Crippen LogP contribution in [0.3, 0.4) is 0 Å². The molecule has 0 bridgehead atoms. The predicted molar refractivity (Wildman–Crippen MR) is 118 cm³/mol. The van der Waals surface area contributed by atoms with Crippen molar-refractivity contribution < 1.29 is 19.1 Å².